The standard InChI is InChI=1S/C12H17ClN4/c1-3-9-4-6-17(7-5-9)12-10(14-2)11(13)15-8-16-12/h3,8-9,14H,1,4-7H2,2H3. The van der Waals surface area contributed by atoms with E-state index in [1.165, 1.54) is 6.33 Å². The smallest absolute Gasteiger partial charge is 0.157 e. The number of nitrogens with zero attached hydrogens (tertiary/aromatic N) is 3. The van der Waals surface area contributed by atoms with Crippen molar-refractivity contribution in [1.82, 2.24) is 9.97 Å². The zero-order valence-corrected chi connectivity index (χ0v) is 10.7. The molecule has 0 amide bonds. The number of halogens is 1. The van der Waals surface area contributed by atoms with Crippen LogP contribution in [0.1, 0.15) is 12.8 Å². The number of hydrogen-bond acceptors (Lipinski definition) is 4. The molecule has 1 aliphatic heterocycles. The quantitative estimate of drug-likeness (QED) is 0.663. The van der Waals surface area contributed by atoms with E-state index in [4.69, 9.17) is 11.6 Å². The summed E-state index contributed by atoms with van der Waals surface area (Å²) in [5.74, 6) is 1.52. The molecule has 0 bridgehead atoms. The second-order valence-electron chi connectivity index (χ2n) is 4.17. The first-order valence-electron chi connectivity index (χ1n) is 5.82. The second-order valence-corrected chi connectivity index (χ2v) is 4.53. The molecule has 1 aliphatic rings. The molecule has 0 aromatic carbocycles. The lowest BCUT2D eigenvalue weighted by atomic mass is 9.97. The Kier molecular flexibility index (Phi) is 3.84. The van der Waals surface area contributed by atoms with Gasteiger partial charge in [-0.15, -0.1) is 6.58 Å². The molecule has 1 aromatic rings. The van der Waals surface area contributed by atoms with Crippen molar-refractivity contribution in [2.24, 2.45) is 5.92 Å². The number of piperidine rings is 1. The van der Waals surface area contributed by atoms with E-state index in [2.05, 4.69) is 26.8 Å². The van der Waals surface area contributed by atoms with E-state index in [-0.39, 0.29) is 0 Å². The predicted molar refractivity (Wildman–Crippen MR) is 71.7 cm³/mol. The van der Waals surface area contributed by atoms with E-state index in [0.717, 1.165) is 37.4 Å². The Balaban J connectivity index is 2.18. The minimum atomic E-state index is 0.475. The van der Waals surface area contributed by atoms with Gasteiger partial charge in [-0.2, -0.15) is 0 Å². The zero-order valence-electron chi connectivity index (χ0n) is 9.99. The summed E-state index contributed by atoms with van der Waals surface area (Å²) in [5, 5.41) is 3.54. The molecule has 1 saturated heterocycles. The van der Waals surface area contributed by atoms with Crippen LogP contribution in [0.2, 0.25) is 5.15 Å². The highest BCUT2D eigenvalue weighted by Crippen LogP contribution is 2.31. The van der Waals surface area contributed by atoms with Crippen molar-refractivity contribution in [2.45, 2.75) is 12.8 Å². The lowest BCUT2D eigenvalue weighted by Gasteiger charge is -2.32. The Morgan fingerprint density at radius 1 is 1.47 bits per heavy atom. The van der Waals surface area contributed by atoms with Crippen LogP contribution in [0.3, 0.4) is 0 Å². The molecule has 4 nitrogen and oxygen atoms in total. The molecule has 0 radical (unpaired) electrons. The molecule has 0 unspecified atom stereocenters. The minimum absolute atomic E-state index is 0.475. The summed E-state index contributed by atoms with van der Waals surface area (Å²) in [6.45, 7) is 5.82. The highest BCUT2D eigenvalue weighted by molar-refractivity contribution is 6.32. The summed E-state index contributed by atoms with van der Waals surface area (Å²) in [5.41, 5.74) is 0.811. The van der Waals surface area contributed by atoms with Gasteiger partial charge in [0.05, 0.1) is 0 Å². The molecule has 2 rings (SSSR count). The van der Waals surface area contributed by atoms with Gasteiger partial charge in [-0.25, -0.2) is 9.97 Å². The van der Waals surface area contributed by atoms with E-state index >= 15 is 0 Å². The summed E-state index contributed by atoms with van der Waals surface area (Å²) < 4.78 is 0. The van der Waals surface area contributed by atoms with Crippen LogP contribution in [0, 0.1) is 5.92 Å². The molecule has 5 heteroatoms. The lowest BCUT2D eigenvalue weighted by molar-refractivity contribution is 0.477. The maximum Gasteiger partial charge on any atom is 0.157 e. The van der Waals surface area contributed by atoms with Gasteiger partial charge in [-0.05, 0) is 18.8 Å². The third-order valence-corrected chi connectivity index (χ3v) is 3.49. The van der Waals surface area contributed by atoms with Crippen LogP contribution in [-0.2, 0) is 0 Å². The van der Waals surface area contributed by atoms with Crippen LogP contribution in [-0.4, -0.2) is 30.1 Å². The summed E-state index contributed by atoms with van der Waals surface area (Å²) in [6.07, 6.45) is 5.80. The maximum absolute atomic E-state index is 6.05. The summed E-state index contributed by atoms with van der Waals surface area (Å²) in [7, 11) is 1.84. The monoisotopic (exact) mass is 252 g/mol. The lowest BCUT2D eigenvalue weighted by Crippen LogP contribution is -2.34. The highest BCUT2D eigenvalue weighted by atomic mass is 35.5. The van der Waals surface area contributed by atoms with Crippen LogP contribution >= 0.6 is 11.6 Å². The van der Waals surface area contributed by atoms with Crippen LogP contribution < -0.4 is 10.2 Å². The number of hydrogen-bond donors (Lipinski definition) is 1. The Bertz CT molecular complexity index is 399. The molecule has 1 fully saturated rings. The molecule has 2 heterocycles. The topological polar surface area (TPSA) is 41.1 Å². The first kappa shape index (κ1) is 12.2. The molecule has 92 valence electrons. The summed E-state index contributed by atoms with van der Waals surface area (Å²) in [6, 6.07) is 0. The first-order valence-corrected chi connectivity index (χ1v) is 6.19. The zero-order chi connectivity index (χ0) is 12.3. The number of aromatic nitrogens is 2. The van der Waals surface area contributed by atoms with Gasteiger partial charge in [-0.3, -0.25) is 0 Å². The van der Waals surface area contributed by atoms with Gasteiger partial charge >= 0.3 is 0 Å². The van der Waals surface area contributed by atoms with E-state index in [1.54, 1.807) is 0 Å². The molecular formula is C12H17ClN4. The largest absolute Gasteiger partial charge is 0.383 e. The molecular weight excluding hydrogens is 236 g/mol. The van der Waals surface area contributed by atoms with Crippen molar-refractivity contribution in [3.8, 4) is 0 Å². The van der Waals surface area contributed by atoms with Crippen molar-refractivity contribution in [3.63, 3.8) is 0 Å². The van der Waals surface area contributed by atoms with Crippen molar-refractivity contribution >= 4 is 23.1 Å². The Morgan fingerprint density at radius 2 is 2.18 bits per heavy atom. The fourth-order valence-corrected chi connectivity index (χ4v) is 2.38. The number of anilines is 2. The van der Waals surface area contributed by atoms with Crippen molar-refractivity contribution in [2.75, 3.05) is 30.4 Å². The van der Waals surface area contributed by atoms with E-state index in [9.17, 15) is 0 Å². The van der Waals surface area contributed by atoms with E-state index < -0.39 is 0 Å². The van der Waals surface area contributed by atoms with Gasteiger partial charge in [0, 0.05) is 20.1 Å². The fourth-order valence-electron chi connectivity index (χ4n) is 2.16. The van der Waals surface area contributed by atoms with Gasteiger partial charge in [0.2, 0.25) is 0 Å². The maximum atomic E-state index is 6.05. The number of rotatable bonds is 3. The van der Waals surface area contributed by atoms with Crippen LogP contribution in [0.25, 0.3) is 0 Å². The van der Waals surface area contributed by atoms with E-state index in [0.29, 0.717) is 11.1 Å². The second kappa shape index (κ2) is 5.36. The number of allylic oxidation sites excluding steroid dienone is 1. The molecule has 1 N–H and O–H groups in total. The first-order chi connectivity index (χ1) is 8.26. The number of nitrogens with one attached hydrogen (secondary N) is 1. The van der Waals surface area contributed by atoms with Gasteiger partial charge in [0.1, 0.15) is 12.0 Å². The molecule has 0 aliphatic carbocycles. The Labute approximate surface area is 107 Å². The Hall–Kier alpha value is -1.29. The minimum Gasteiger partial charge on any atom is -0.383 e. The van der Waals surface area contributed by atoms with Gasteiger partial charge < -0.3 is 10.2 Å². The molecule has 0 spiro atoms. The summed E-state index contributed by atoms with van der Waals surface area (Å²) >= 11 is 6.05. The molecule has 0 atom stereocenters. The van der Waals surface area contributed by atoms with Crippen LogP contribution in [0.4, 0.5) is 11.5 Å². The van der Waals surface area contributed by atoms with Crippen LogP contribution in [0.15, 0.2) is 19.0 Å². The van der Waals surface area contributed by atoms with Crippen molar-refractivity contribution in [3.05, 3.63) is 24.1 Å². The molecule has 17 heavy (non-hydrogen) atoms. The SMILES string of the molecule is C=CC1CCN(c2ncnc(Cl)c2NC)CC1. The van der Waals surface area contributed by atoms with Crippen molar-refractivity contribution in [1.29, 1.82) is 0 Å². The fraction of sp³-hybridized carbons (Fsp3) is 0.500. The van der Waals surface area contributed by atoms with Gasteiger partial charge in [0.25, 0.3) is 0 Å². The Morgan fingerprint density at radius 3 is 2.76 bits per heavy atom. The van der Waals surface area contributed by atoms with E-state index in [1.807, 2.05) is 13.1 Å². The van der Waals surface area contributed by atoms with Crippen molar-refractivity contribution < 1.29 is 0 Å². The third-order valence-electron chi connectivity index (χ3n) is 3.20. The van der Waals surface area contributed by atoms with Crippen LogP contribution in [0.5, 0.6) is 0 Å². The average Bonchev–Trinajstić information content (AvgIpc) is 2.38. The van der Waals surface area contributed by atoms with Gasteiger partial charge in [-0.1, -0.05) is 17.7 Å². The highest BCUT2D eigenvalue weighted by Gasteiger charge is 2.21. The molecule has 1 aromatic heterocycles. The third kappa shape index (κ3) is 2.52. The van der Waals surface area contributed by atoms with Gasteiger partial charge in [0.15, 0.2) is 11.0 Å². The summed E-state index contributed by atoms with van der Waals surface area (Å²) in [4.78, 5) is 10.6. The predicted octanol–water partition coefficient (Wildman–Crippen LogP) is 2.57. The average molecular weight is 253 g/mol. The normalized spacial score (nSPS) is 16.9. The molecule has 0 saturated carbocycles.